The maximum atomic E-state index is 12.3. The highest BCUT2D eigenvalue weighted by Crippen LogP contribution is 2.26. The molecule has 1 N–H and O–H groups in total. The van der Waals surface area contributed by atoms with E-state index in [1.165, 1.54) is 11.3 Å². The summed E-state index contributed by atoms with van der Waals surface area (Å²) in [5.41, 5.74) is 0.650. The fourth-order valence-corrected chi connectivity index (χ4v) is 3.27. The molecule has 132 valence electrons. The summed E-state index contributed by atoms with van der Waals surface area (Å²) in [5.74, 6) is 2.07. The molecule has 4 heterocycles. The second-order valence-electron chi connectivity index (χ2n) is 5.92. The molecule has 0 aliphatic carbocycles. The molecule has 0 saturated heterocycles. The minimum atomic E-state index is -0.112. The molecule has 0 saturated carbocycles. The predicted octanol–water partition coefficient (Wildman–Crippen LogP) is 2.98. The van der Waals surface area contributed by atoms with Gasteiger partial charge in [0.2, 0.25) is 5.91 Å². The van der Waals surface area contributed by atoms with E-state index in [4.69, 9.17) is 4.42 Å². The van der Waals surface area contributed by atoms with Crippen LogP contribution in [0.15, 0.2) is 46.3 Å². The van der Waals surface area contributed by atoms with Crippen molar-refractivity contribution in [1.82, 2.24) is 19.9 Å². The first-order valence-corrected chi connectivity index (χ1v) is 9.08. The summed E-state index contributed by atoms with van der Waals surface area (Å²) in [5, 5.41) is 5.51. The van der Waals surface area contributed by atoms with Crippen molar-refractivity contribution in [1.29, 1.82) is 0 Å². The Labute approximate surface area is 154 Å². The zero-order chi connectivity index (χ0) is 17.9. The van der Waals surface area contributed by atoms with Crippen LogP contribution in [-0.2, 0) is 4.79 Å². The van der Waals surface area contributed by atoms with Crippen LogP contribution in [0.1, 0.15) is 5.76 Å². The van der Waals surface area contributed by atoms with Crippen molar-refractivity contribution in [3.63, 3.8) is 0 Å². The van der Waals surface area contributed by atoms with E-state index in [1.807, 2.05) is 29.3 Å². The summed E-state index contributed by atoms with van der Waals surface area (Å²) in [6, 6.07) is 5.41. The van der Waals surface area contributed by atoms with Gasteiger partial charge in [-0.15, -0.1) is 11.3 Å². The van der Waals surface area contributed by atoms with Gasteiger partial charge < -0.3 is 9.73 Å². The fourth-order valence-electron chi connectivity index (χ4n) is 2.67. The van der Waals surface area contributed by atoms with Gasteiger partial charge in [0.1, 0.15) is 22.3 Å². The Balaban J connectivity index is 1.62. The first kappa shape index (κ1) is 16.6. The van der Waals surface area contributed by atoms with Crippen molar-refractivity contribution in [2.75, 3.05) is 25.0 Å². The highest BCUT2D eigenvalue weighted by Gasteiger charge is 2.16. The zero-order valence-corrected chi connectivity index (χ0v) is 15.0. The standard InChI is InChI=1S/C18H17N5O2S/c1-12-4-5-14(25-12)17-20-13(18-19-6-9-26-18)10-15(22-17)21-16(24)11-23-7-2-3-8-23/h2-6,9-10H,7-8,11H2,1H3,(H,20,21,22,24). The van der Waals surface area contributed by atoms with Crippen molar-refractivity contribution in [3.05, 3.63) is 47.7 Å². The third kappa shape index (κ3) is 3.71. The number of carbonyl (C=O) groups is 1. The Kier molecular flexibility index (Phi) is 4.59. The Bertz CT molecular complexity index is 940. The van der Waals surface area contributed by atoms with Gasteiger partial charge in [0.15, 0.2) is 11.6 Å². The maximum absolute atomic E-state index is 12.3. The van der Waals surface area contributed by atoms with E-state index in [9.17, 15) is 4.79 Å². The number of aromatic nitrogens is 3. The molecule has 0 radical (unpaired) electrons. The SMILES string of the molecule is Cc1ccc(-c2nc(NC(=O)CN3CC=CC3)cc(-c3nccs3)n2)o1. The highest BCUT2D eigenvalue weighted by atomic mass is 32.1. The first-order valence-electron chi connectivity index (χ1n) is 8.20. The number of anilines is 1. The minimum Gasteiger partial charge on any atom is -0.458 e. The maximum Gasteiger partial charge on any atom is 0.239 e. The minimum absolute atomic E-state index is 0.112. The molecule has 1 aliphatic rings. The lowest BCUT2D eigenvalue weighted by molar-refractivity contribution is -0.117. The number of rotatable bonds is 5. The average Bonchev–Trinajstić information content (AvgIpc) is 3.37. The first-order chi connectivity index (χ1) is 12.7. The molecule has 8 heteroatoms. The van der Waals surface area contributed by atoms with Gasteiger partial charge in [-0.1, -0.05) is 12.2 Å². The van der Waals surface area contributed by atoms with E-state index in [0.717, 1.165) is 23.9 Å². The number of nitrogens with zero attached hydrogens (tertiary/aromatic N) is 4. The Hall–Kier alpha value is -2.84. The van der Waals surface area contributed by atoms with Crippen LogP contribution in [-0.4, -0.2) is 45.4 Å². The van der Waals surface area contributed by atoms with Gasteiger partial charge in [-0.25, -0.2) is 15.0 Å². The Morgan fingerprint density at radius 2 is 2.15 bits per heavy atom. The van der Waals surface area contributed by atoms with Gasteiger partial charge >= 0.3 is 0 Å². The summed E-state index contributed by atoms with van der Waals surface area (Å²) < 4.78 is 5.64. The number of hydrogen-bond donors (Lipinski definition) is 1. The van der Waals surface area contributed by atoms with Crippen LogP contribution in [0.4, 0.5) is 5.82 Å². The van der Waals surface area contributed by atoms with Crippen LogP contribution < -0.4 is 5.32 Å². The third-order valence-corrected chi connectivity index (χ3v) is 4.66. The van der Waals surface area contributed by atoms with Crippen LogP contribution in [0, 0.1) is 6.92 Å². The molecule has 0 spiro atoms. The van der Waals surface area contributed by atoms with Gasteiger partial charge in [0.05, 0.1) is 6.54 Å². The van der Waals surface area contributed by atoms with Crippen LogP contribution in [0.2, 0.25) is 0 Å². The molecule has 7 nitrogen and oxygen atoms in total. The molecule has 3 aromatic heterocycles. The zero-order valence-electron chi connectivity index (χ0n) is 14.2. The number of carbonyl (C=O) groups excluding carboxylic acids is 1. The predicted molar refractivity (Wildman–Crippen MR) is 99.8 cm³/mol. The van der Waals surface area contributed by atoms with E-state index in [-0.39, 0.29) is 5.91 Å². The summed E-state index contributed by atoms with van der Waals surface area (Å²) in [4.78, 5) is 27.7. The second-order valence-corrected chi connectivity index (χ2v) is 6.82. The summed E-state index contributed by atoms with van der Waals surface area (Å²) >= 11 is 1.48. The lowest BCUT2D eigenvalue weighted by Crippen LogP contribution is -2.31. The number of aryl methyl sites for hydroxylation is 1. The van der Waals surface area contributed by atoms with E-state index >= 15 is 0 Å². The molecular weight excluding hydrogens is 350 g/mol. The lowest BCUT2D eigenvalue weighted by Gasteiger charge is -2.14. The molecule has 0 aromatic carbocycles. The number of hydrogen-bond acceptors (Lipinski definition) is 7. The molecule has 26 heavy (non-hydrogen) atoms. The molecular formula is C18H17N5O2S. The molecule has 0 bridgehead atoms. The van der Waals surface area contributed by atoms with Crippen molar-refractivity contribution in [2.24, 2.45) is 0 Å². The molecule has 0 fully saturated rings. The highest BCUT2D eigenvalue weighted by molar-refractivity contribution is 7.13. The topological polar surface area (TPSA) is 84.2 Å². The summed E-state index contributed by atoms with van der Waals surface area (Å²) in [6.07, 6.45) is 5.82. The van der Waals surface area contributed by atoms with Crippen molar-refractivity contribution >= 4 is 23.1 Å². The Morgan fingerprint density at radius 1 is 1.31 bits per heavy atom. The lowest BCUT2D eigenvalue weighted by atomic mass is 10.3. The van der Waals surface area contributed by atoms with Crippen LogP contribution in [0.25, 0.3) is 22.3 Å². The van der Waals surface area contributed by atoms with Gasteiger partial charge in [0.25, 0.3) is 0 Å². The normalized spacial score (nSPS) is 14.0. The van der Waals surface area contributed by atoms with Crippen molar-refractivity contribution in [2.45, 2.75) is 6.92 Å². The van der Waals surface area contributed by atoms with Gasteiger partial charge in [-0.05, 0) is 19.1 Å². The van der Waals surface area contributed by atoms with Crippen LogP contribution in [0.5, 0.6) is 0 Å². The molecule has 1 aliphatic heterocycles. The number of amides is 1. The largest absolute Gasteiger partial charge is 0.458 e. The number of thiazole rings is 1. The molecule has 0 atom stereocenters. The van der Waals surface area contributed by atoms with Gasteiger partial charge in [-0.2, -0.15) is 0 Å². The summed E-state index contributed by atoms with van der Waals surface area (Å²) in [6.45, 7) is 3.76. The van der Waals surface area contributed by atoms with Crippen LogP contribution in [0.3, 0.4) is 0 Å². The monoisotopic (exact) mass is 367 g/mol. The van der Waals surface area contributed by atoms with Crippen molar-refractivity contribution < 1.29 is 9.21 Å². The van der Waals surface area contributed by atoms with E-state index in [0.29, 0.717) is 29.6 Å². The quantitative estimate of drug-likeness (QED) is 0.698. The summed E-state index contributed by atoms with van der Waals surface area (Å²) in [7, 11) is 0. The van der Waals surface area contributed by atoms with E-state index in [2.05, 4.69) is 32.4 Å². The van der Waals surface area contributed by atoms with Crippen LogP contribution >= 0.6 is 11.3 Å². The molecule has 4 rings (SSSR count). The van der Waals surface area contributed by atoms with Gasteiger partial charge in [0, 0.05) is 30.7 Å². The van der Waals surface area contributed by atoms with Crippen molar-refractivity contribution in [3.8, 4) is 22.3 Å². The van der Waals surface area contributed by atoms with E-state index in [1.54, 1.807) is 12.3 Å². The van der Waals surface area contributed by atoms with Gasteiger partial charge in [-0.3, -0.25) is 9.69 Å². The molecule has 0 unspecified atom stereocenters. The average molecular weight is 367 g/mol. The third-order valence-electron chi connectivity index (χ3n) is 3.87. The number of furan rings is 1. The molecule has 3 aromatic rings. The Morgan fingerprint density at radius 3 is 2.85 bits per heavy atom. The second kappa shape index (κ2) is 7.19. The van der Waals surface area contributed by atoms with E-state index < -0.39 is 0 Å². The number of nitrogens with one attached hydrogen (secondary N) is 1. The molecule has 1 amide bonds. The smallest absolute Gasteiger partial charge is 0.239 e. The fraction of sp³-hybridized carbons (Fsp3) is 0.222.